The standard InChI is InChI=1S/C21H21N3OS2.C9H9NOS.2ClH/c25-21-22-17-5-4-15(14-20(17)27-21)6-8-23-9-11-24(12-10-23)18-2-1-3-19-16(18)7-13-26-19;1-2-10-7-5-3-4-6-8(7)12-9(10)11;;/h1-5,7,13-14H,6,8-12H2,(H,22,25);3-6H,2H2,1H3;2*1H. The molecular weight excluding hydrogens is 615 g/mol. The SMILES string of the molecule is CCn1c(=O)sc2ccccc21.Cl.Cl.O=c1[nH]c2ccc(CCN3CCN(c4cccc5sccc45)CC3)cc2s1. The highest BCUT2D eigenvalue weighted by molar-refractivity contribution is 7.17. The number of halogens is 2. The number of hydrogen-bond acceptors (Lipinski definition) is 7. The minimum Gasteiger partial charge on any atom is -0.368 e. The van der Waals surface area contributed by atoms with Crippen LogP contribution < -0.4 is 14.6 Å². The minimum absolute atomic E-state index is 0. The van der Waals surface area contributed by atoms with Crippen molar-refractivity contribution in [1.82, 2.24) is 14.5 Å². The Morgan fingerprint density at radius 3 is 2.41 bits per heavy atom. The van der Waals surface area contributed by atoms with Crippen molar-refractivity contribution in [2.45, 2.75) is 19.9 Å². The lowest BCUT2D eigenvalue weighted by Crippen LogP contribution is -2.47. The Labute approximate surface area is 262 Å². The first-order chi connectivity index (χ1) is 19.1. The molecule has 0 unspecified atom stereocenters. The molecule has 1 aliphatic heterocycles. The van der Waals surface area contributed by atoms with Gasteiger partial charge in [0, 0.05) is 55.0 Å². The smallest absolute Gasteiger partial charge is 0.308 e. The van der Waals surface area contributed by atoms with Gasteiger partial charge in [0.2, 0.25) is 0 Å². The maximum Gasteiger partial charge on any atom is 0.308 e. The molecule has 4 heterocycles. The largest absolute Gasteiger partial charge is 0.368 e. The third-order valence-corrected chi connectivity index (χ3v) is 9.97. The quantitative estimate of drug-likeness (QED) is 0.217. The highest BCUT2D eigenvalue weighted by atomic mass is 35.5. The van der Waals surface area contributed by atoms with Gasteiger partial charge in [-0.05, 0) is 66.8 Å². The molecular formula is C30H32Cl2N4O2S3. The summed E-state index contributed by atoms with van der Waals surface area (Å²) in [5.74, 6) is 0. The van der Waals surface area contributed by atoms with Crippen molar-refractivity contribution in [3.8, 4) is 0 Å². The zero-order valence-electron chi connectivity index (χ0n) is 22.6. The van der Waals surface area contributed by atoms with Crippen molar-refractivity contribution < 1.29 is 0 Å². The molecule has 3 aromatic heterocycles. The lowest BCUT2D eigenvalue weighted by molar-refractivity contribution is 0.261. The predicted octanol–water partition coefficient (Wildman–Crippen LogP) is 7.10. The van der Waals surface area contributed by atoms with Crippen LogP contribution in [-0.2, 0) is 13.0 Å². The van der Waals surface area contributed by atoms with Crippen LogP contribution in [0.3, 0.4) is 0 Å². The minimum atomic E-state index is 0. The average molecular weight is 648 g/mol. The topological polar surface area (TPSA) is 61.3 Å². The Bertz CT molecular complexity index is 1850. The summed E-state index contributed by atoms with van der Waals surface area (Å²) in [4.78, 5) is 30.9. The highest BCUT2D eigenvalue weighted by Gasteiger charge is 2.18. The number of aryl methyl sites for hydroxylation is 1. The number of hydrogen-bond donors (Lipinski definition) is 1. The Balaban J connectivity index is 0.000000234. The number of piperazine rings is 1. The molecule has 1 N–H and O–H groups in total. The van der Waals surface area contributed by atoms with E-state index in [0.29, 0.717) is 0 Å². The predicted molar refractivity (Wildman–Crippen MR) is 183 cm³/mol. The number of thiazole rings is 2. The fourth-order valence-electron chi connectivity index (χ4n) is 5.21. The summed E-state index contributed by atoms with van der Waals surface area (Å²) >= 11 is 4.42. The zero-order valence-corrected chi connectivity index (χ0v) is 26.7. The van der Waals surface area contributed by atoms with Crippen LogP contribution >= 0.6 is 58.8 Å². The monoisotopic (exact) mass is 646 g/mol. The number of anilines is 1. The Morgan fingerprint density at radius 2 is 1.61 bits per heavy atom. The van der Waals surface area contributed by atoms with Gasteiger partial charge in [0.05, 0.1) is 20.4 Å². The molecule has 1 aliphatic rings. The number of H-pyrrole nitrogens is 1. The summed E-state index contributed by atoms with van der Waals surface area (Å²) in [6.45, 7) is 8.16. The normalized spacial score (nSPS) is 13.5. The molecule has 0 radical (unpaired) electrons. The van der Waals surface area contributed by atoms with Crippen molar-refractivity contribution in [1.29, 1.82) is 0 Å². The van der Waals surface area contributed by atoms with E-state index in [1.165, 1.54) is 44.0 Å². The van der Waals surface area contributed by atoms with Crippen LogP contribution in [0.2, 0.25) is 0 Å². The maximum absolute atomic E-state index is 11.5. The first-order valence-electron chi connectivity index (χ1n) is 13.2. The molecule has 1 saturated heterocycles. The van der Waals surface area contributed by atoms with Crippen molar-refractivity contribution in [3.63, 3.8) is 0 Å². The number of rotatable bonds is 5. The molecule has 0 spiro atoms. The third-order valence-electron chi connectivity index (χ3n) is 7.28. The highest BCUT2D eigenvalue weighted by Crippen LogP contribution is 2.31. The Hall–Kier alpha value is -2.66. The third kappa shape index (κ3) is 6.88. The van der Waals surface area contributed by atoms with Crippen LogP contribution in [0.4, 0.5) is 5.69 Å². The number of nitrogens with zero attached hydrogens (tertiary/aromatic N) is 3. The summed E-state index contributed by atoms with van der Waals surface area (Å²) in [7, 11) is 0. The van der Waals surface area contributed by atoms with Gasteiger partial charge in [0.25, 0.3) is 0 Å². The lowest BCUT2D eigenvalue weighted by atomic mass is 10.1. The summed E-state index contributed by atoms with van der Waals surface area (Å²) in [6, 6.07) is 23.1. The van der Waals surface area contributed by atoms with Crippen LogP contribution in [0, 0.1) is 0 Å². The van der Waals surface area contributed by atoms with Crippen LogP contribution in [0.1, 0.15) is 12.5 Å². The number of para-hydroxylation sites is 1. The van der Waals surface area contributed by atoms with Gasteiger partial charge in [-0.1, -0.05) is 46.9 Å². The first kappa shape index (κ1) is 31.3. The average Bonchev–Trinajstić information content (AvgIpc) is 3.67. The fourth-order valence-corrected chi connectivity index (χ4v) is 7.77. The summed E-state index contributed by atoms with van der Waals surface area (Å²) in [5, 5.41) is 3.57. The van der Waals surface area contributed by atoms with Gasteiger partial charge in [-0.25, -0.2) is 0 Å². The molecule has 0 atom stereocenters. The first-order valence-corrected chi connectivity index (χ1v) is 15.7. The second-order valence-electron chi connectivity index (χ2n) is 9.61. The Morgan fingerprint density at radius 1 is 0.829 bits per heavy atom. The number of thiophene rings is 1. The van der Waals surface area contributed by atoms with Gasteiger partial charge >= 0.3 is 9.75 Å². The van der Waals surface area contributed by atoms with E-state index in [0.717, 1.165) is 66.1 Å². The number of aromatic nitrogens is 2. The van der Waals surface area contributed by atoms with Crippen LogP contribution in [0.25, 0.3) is 30.5 Å². The molecule has 0 saturated carbocycles. The van der Waals surface area contributed by atoms with Gasteiger partial charge in [-0.3, -0.25) is 19.1 Å². The van der Waals surface area contributed by atoms with E-state index in [1.54, 1.807) is 4.57 Å². The molecule has 41 heavy (non-hydrogen) atoms. The van der Waals surface area contributed by atoms with Gasteiger partial charge in [0.15, 0.2) is 0 Å². The van der Waals surface area contributed by atoms with Crippen molar-refractivity contribution in [2.75, 3.05) is 37.6 Å². The maximum atomic E-state index is 11.5. The van der Waals surface area contributed by atoms with Crippen LogP contribution in [-0.4, -0.2) is 47.2 Å². The molecule has 3 aromatic carbocycles. The molecule has 0 amide bonds. The van der Waals surface area contributed by atoms with Crippen molar-refractivity contribution in [2.24, 2.45) is 0 Å². The number of nitrogens with one attached hydrogen (secondary N) is 1. The molecule has 7 rings (SSSR count). The summed E-state index contributed by atoms with van der Waals surface area (Å²) in [5.41, 5.74) is 4.68. The lowest BCUT2D eigenvalue weighted by Gasteiger charge is -2.36. The van der Waals surface area contributed by atoms with E-state index in [-0.39, 0.29) is 34.6 Å². The van der Waals surface area contributed by atoms with Crippen LogP contribution in [0.5, 0.6) is 0 Å². The van der Waals surface area contributed by atoms with E-state index in [9.17, 15) is 9.59 Å². The van der Waals surface area contributed by atoms with Crippen molar-refractivity contribution in [3.05, 3.63) is 97.0 Å². The van der Waals surface area contributed by atoms with E-state index >= 15 is 0 Å². The number of fused-ring (bicyclic) bond motifs is 3. The summed E-state index contributed by atoms with van der Waals surface area (Å²) in [6.07, 6.45) is 1.03. The van der Waals surface area contributed by atoms with Crippen LogP contribution in [0.15, 0.2) is 81.7 Å². The summed E-state index contributed by atoms with van der Waals surface area (Å²) < 4.78 is 5.30. The van der Waals surface area contributed by atoms with Gasteiger partial charge in [0.1, 0.15) is 0 Å². The second kappa shape index (κ2) is 14.0. The molecule has 1 fully saturated rings. The molecule has 6 aromatic rings. The number of benzene rings is 3. The van der Waals surface area contributed by atoms with Gasteiger partial charge in [-0.15, -0.1) is 36.2 Å². The second-order valence-corrected chi connectivity index (χ2v) is 12.6. The van der Waals surface area contributed by atoms with E-state index < -0.39 is 0 Å². The van der Waals surface area contributed by atoms with Crippen molar-refractivity contribution >= 4 is 95.0 Å². The molecule has 6 nitrogen and oxygen atoms in total. The molecule has 0 bridgehead atoms. The van der Waals surface area contributed by atoms with E-state index in [4.69, 9.17) is 0 Å². The zero-order chi connectivity index (χ0) is 26.8. The van der Waals surface area contributed by atoms with E-state index in [2.05, 4.69) is 56.6 Å². The molecule has 216 valence electrons. The van der Waals surface area contributed by atoms with Gasteiger partial charge < -0.3 is 9.88 Å². The van der Waals surface area contributed by atoms with E-state index in [1.807, 2.05) is 48.6 Å². The number of aromatic amines is 1. The Kier molecular flexibility index (Phi) is 10.7. The molecule has 11 heteroatoms. The fraction of sp³-hybridized carbons (Fsp3) is 0.267. The van der Waals surface area contributed by atoms with Gasteiger partial charge in [-0.2, -0.15) is 0 Å². The molecule has 0 aliphatic carbocycles.